The molecule has 6 heteroatoms. The van der Waals surface area contributed by atoms with E-state index in [0.717, 1.165) is 18.2 Å². The van der Waals surface area contributed by atoms with E-state index in [1.54, 1.807) is 13.8 Å². The number of nitrogens with two attached hydrogens (primary N) is 1. The van der Waals surface area contributed by atoms with Crippen molar-refractivity contribution >= 4 is 17.6 Å². The second-order valence-corrected chi connectivity index (χ2v) is 4.14. The number of amides is 1. The molecular formula is C12H15FN2O3. The molecule has 0 aliphatic carbocycles. The summed E-state index contributed by atoms with van der Waals surface area (Å²) in [5.74, 6) is -2.83. The lowest BCUT2D eigenvalue weighted by Crippen LogP contribution is -2.34. The Hall–Kier alpha value is -1.95. The van der Waals surface area contributed by atoms with Gasteiger partial charge < -0.3 is 16.2 Å². The molecule has 2 atom stereocenters. The fourth-order valence-corrected chi connectivity index (χ4v) is 1.24. The minimum absolute atomic E-state index is 0.0971. The molecule has 1 rings (SSSR count). The molecule has 0 aliphatic heterocycles. The quantitative estimate of drug-likeness (QED) is 0.758. The summed E-state index contributed by atoms with van der Waals surface area (Å²) in [5, 5.41) is 11.1. The maximum Gasteiger partial charge on any atom is 0.335 e. The summed E-state index contributed by atoms with van der Waals surface area (Å²) in [4.78, 5) is 22.4. The zero-order valence-electron chi connectivity index (χ0n) is 10.1. The van der Waals surface area contributed by atoms with E-state index in [9.17, 15) is 14.0 Å². The highest BCUT2D eigenvalue weighted by atomic mass is 19.1. The summed E-state index contributed by atoms with van der Waals surface area (Å²) >= 11 is 0. The molecule has 0 saturated heterocycles. The molecule has 0 aromatic heterocycles. The van der Waals surface area contributed by atoms with Crippen LogP contribution in [0.5, 0.6) is 0 Å². The van der Waals surface area contributed by atoms with Gasteiger partial charge in [0.2, 0.25) is 5.91 Å². The first-order chi connectivity index (χ1) is 8.32. The molecule has 0 saturated carbocycles. The van der Waals surface area contributed by atoms with Gasteiger partial charge in [-0.15, -0.1) is 0 Å². The maximum atomic E-state index is 13.4. The van der Waals surface area contributed by atoms with Gasteiger partial charge in [0, 0.05) is 6.04 Å². The van der Waals surface area contributed by atoms with Crippen LogP contribution in [0.4, 0.5) is 10.1 Å². The van der Waals surface area contributed by atoms with E-state index in [4.69, 9.17) is 10.8 Å². The zero-order valence-corrected chi connectivity index (χ0v) is 10.1. The second-order valence-electron chi connectivity index (χ2n) is 4.14. The second kappa shape index (κ2) is 5.59. The Morgan fingerprint density at radius 2 is 2.00 bits per heavy atom. The van der Waals surface area contributed by atoms with Gasteiger partial charge in [-0.2, -0.15) is 0 Å². The van der Waals surface area contributed by atoms with Crippen LogP contribution >= 0.6 is 0 Å². The smallest absolute Gasteiger partial charge is 0.335 e. The van der Waals surface area contributed by atoms with Gasteiger partial charge in [0.05, 0.1) is 17.2 Å². The molecule has 0 fully saturated rings. The van der Waals surface area contributed by atoms with Gasteiger partial charge in [0.25, 0.3) is 0 Å². The van der Waals surface area contributed by atoms with Crippen LogP contribution < -0.4 is 11.1 Å². The van der Waals surface area contributed by atoms with E-state index in [1.807, 2.05) is 0 Å². The number of hydrogen-bond donors (Lipinski definition) is 3. The summed E-state index contributed by atoms with van der Waals surface area (Å²) in [6.45, 7) is 3.27. The summed E-state index contributed by atoms with van der Waals surface area (Å²) in [7, 11) is 0. The lowest BCUT2D eigenvalue weighted by molar-refractivity contribution is -0.119. The highest BCUT2D eigenvalue weighted by molar-refractivity contribution is 5.95. The molecule has 1 amide bonds. The standard InChI is InChI=1S/C12H15FN2O3/c1-6(7(2)14)11(16)15-10-5-8(12(17)18)3-4-9(10)13/h3-7H,14H2,1-2H3,(H,15,16)(H,17,18). The summed E-state index contributed by atoms with van der Waals surface area (Å²) in [6.07, 6.45) is 0. The monoisotopic (exact) mass is 254 g/mol. The van der Waals surface area contributed by atoms with Crippen molar-refractivity contribution < 1.29 is 19.1 Å². The predicted molar refractivity (Wildman–Crippen MR) is 64.8 cm³/mol. The first kappa shape index (κ1) is 14.1. The number of rotatable bonds is 4. The van der Waals surface area contributed by atoms with Crippen LogP contribution in [-0.2, 0) is 4.79 Å². The maximum absolute atomic E-state index is 13.4. The zero-order chi connectivity index (χ0) is 13.9. The number of carboxylic acid groups (broad SMARTS) is 1. The summed E-state index contributed by atoms with van der Waals surface area (Å²) in [5.41, 5.74) is 5.30. The van der Waals surface area contributed by atoms with Gasteiger partial charge in [-0.3, -0.25) is 4.79 Å². The van der Waals surface area contributed by atoms with Crippen molar-refractivity contribution in [3.63, 3.8) is 0 Å². The Morgan fingerprint density at radius 1 is 1.39 bits per heavy atom. The molecule has 1 aromatic carbocycles. The van der Waals surface area contributed by atoms with Crippen LogP contribution in [0.3, 0.4) is 0 Å². The molecule has 98 valence electrons. The average molecular weight is 254 g/mol. The van der Waals surface area contributed by atoms with Gasteiger partial charge in [0.1, 0.15) is 5.82 Å². The lowest BCUT2D eigenvalue weighted by Gasteiger charge is -2.15. The van der Waals surface area contributed by atoms with Crippen LogP contribution in [0.1, 0.15) is 24.2 Å². The molecule has 0 radical (unpaired) electrons. The number of benzene rings is 1. The first-order valence-electron chi connectivity index (χ1n) is 5.42. The molecule has 1 aromatic rings. The SMILES string of the molecule is CC(N)C(C)C(=O)Nc1cc(C(=O)O)ccc1F. The largest absolute Gasteiger partial charge is 0.478 e. The van der Waals surface area contributed by atoms with E-state index in [-0.39, 0.29) is 17.3 Å². The number of carbonyl (C=O) groups excluding carboxylic acids is 1. The average Bonchev–Trinajstić information content (AvgIpc) is 2.30. The number of carbonyl (C=O) groups is 2. The number of nitrogens with one attached hydrogen (secondary N) is 1. The number of halogens is 1. The van der Waals surface area contributed by atoms with E-state index in [2.05, 4.69) is 5.32 Å². The fourth-order valence-electron chi connectivity index (χ4n) is 1.24. The minimum atomic E-state index is -1.19. The van der Waals surface area contributed by atoms with Crippen molar-refractivity contribution in [1.82, 2.24) is 0 Å². The minimum Gasteiger partial charge on any atom is -0.478 e. The van der Waals surface area contributed by atoms with E-state index in [0.29, 0.717) is 0 Å². The Labute approximate surface area is 104 Å². The molecule has 0 aliphatic rings. The van der Waals surface area contributed by atoms with Crippen molar-refractivity contribution in [1.29, 1.82) is 0 Å². The van der Waals surface area contributed by atoms with E-state index in [1.165, 1.54) is 0 Å². The molecule has 2 unspecified atom stereocenters. The molecule has 18 heavy (non-hydrogen) atoms. The third-order valence-electron chi connectivity index (χ3n) is 2.67. The van der Waals surface area contributed by atoms with Crippen molar-refractivity contribution in [3.8, 4) is 0 Å². The third-order valence-corrected chi connectivity index (χ3v) is 2.67. The molecule has 4 N–H and O–H groups in total. The lowest BCUT2D eigenvalue weighted by atomic mass is 10.0. The molecule has 0 spiro atoms. The van der Waals surface area contributed by atoms with E-state index < -0.39 is 23.6 Å². The Balaban J connectivity index is 2.93. The van der Waals surface area contributed by atoms with Crippen molar-refractivity contribution in [2.75, 3.05) is 5.32 Å². The number of carboxylic acids is 1. The van der Waals surface area contributed by atoms with Gasteiger partial charge in [-0.1, -0.05) is 6.92 Å². The third kappa shape index (κ3) is 3.27. The van der Waals surface area contributed by atoms with Crippen molar-refractivity contribution in [3.05, 3.63) is 29.6 Å². The van der Waals surface area contributed by atoms with Crippen LogP contribution in [-0.4, -0.2) is 23.0 Å². The van der Waals surface area contributed by atoms with Crippen molar-refractivity contribution in [2.24, 2.45) is 11.7 Å². The van der Waals surface area contributed by atoms with Crippen LogP contribution in [0, 0.1) is 11.7 Å². The molecule has 0 bridgehead atoms. The molecular weight excluding hydrogens is 239 g/mol. The molecule has 0 heterocycles. The van der Waals surface area contributed by atoms with Gasteiger partial charge in [0.15, 0.2) is 0 Å². The fraction of sp³-hybridized carbons (Fsp3) is 0.333. The van der Waals surface area contributed by atoms with E-state index >= 15 is 0 Å². The Bertz CT molecular complexity index is 474. The van der Waals surface area contributed by atoms with Gasteiger partial charge >= 0.3 is 5.97 Å². The molecule has 5 nitrogen and oxygen atoms in total. The highest BCUT2D eigenvalue weighted by Crippen LogP contribution is 2.17. The summed E-state index contributed by atoms with van der Waals surface area (Å²) < 4.78 is 13.4. The Kier molecular flexibility index (Phi) is 4.38. The number of aromatic carboxylic acids is 1. The van der Waals surface area contributed by atoms with Crippen LogP contribution in [0.25, 0.3) is 0 Å². The first-order valence-corrected chi connectivity index (χ1v) is 5.42. The highest BCUT2D eigenvalue weighted by Gasteiger charge is 2.19. The normalized spacial score (nSPS) is 13.8. The van der Waals surface area contributed by atoms with Crippen LogP contribution in [0.15, 0.2) is 18.2 Å². The van der Waals surface area contributed by atoms with Gasteiger partial charge in [-0.05, 0) is 25.1 Å². The Morgan fingerprint density at radius 3 is 2.50 bits per heavy atom. The topological polar surface area (TPSA) is 92.4 Å². The number of anilines is 1. The van der Waals surface area contributed by atoms with Crippen molar-refractivity contribution in [2.45, 2.75) is 19.9 Å². The predicted octanol–water partition coefficient (Wildman–Crippen LogP) is 1.45. The number of hydrogen-bond acceptors (Lipinski definition) is 3. The van der Waals surface area contributed by atoms with Crippen LogP contribution in [0.2, 0.25) is 0 Å². The van der Waals surface area contributed by atoms with Gasteiger partial charge in [-0.25, -0.2) is 9.18 Å². The summed E-state index contributed by atoms with van der Waals surface area (Å²) in [6, 6.07) is 2.82.